The number of nitrogens with one attached hydrogen (secondary N) is 1. The molecule has 3 saturated heterocycles. The molecule has 1 saturated carbocycles. The summed E-state index contributed by atoms with van der Waals surface area (Å²) in [6.45, 7) is 4.87. The van der Waals surface area contributed by atoms with Crippen LogP contribution < -0.4 is 5.32 Å². The highest BCUT2D eigenvalue weighted by atomic mass is 32.1. The van der Waals surface area contributed by atoms with Gasteiger partial charge in [0.25, 0.3) is 5.91 Å². The van der Waals surface area contributed by atoms with Crippen molar-refractivity contribution in [3.63, 3.8) is 0 Å². The topological polar surface area (TPSA) is 91.3 Å². The summed E-state index contributed by atoms with van der Waals surface area (Å²) in [6.07, 6.45) is 6.12. The molecule has 2 amide bonds. The monoisotopic (exact) mass is 494 g/mol. The van der Waals surface area contributed by atoms with Crippen LogP contribution in [0, 0.1) is 13.8 Å². The van der Waals surface area contributed by atoms with Crippen LogP contribution in [-0.2, 0) is 4.79 Å². The van der Waals surface area contributed by atoms with Gasteiger partial charge in [0.2, 0.25) is 5.91 Å². The van der Waals surface area contributed by atoms with Crippen LogP contribution in [-0.4, -0.2) is 61.2 Å². The Bertz CT molecular complexity index is 1240. The average Bonchev–Trinajstić information content (AvgIpc) is 3.54. The highest BCUT2D eigenvalue weighted by Crippen LogP contribution is 2.42. The lowest BCUT2D eigenvalue weighted by Gasteiger charge is -2.56. The summed E-state index contributed by atoms with van der Waals surface area (Å²) >= 11 is 3.17. The van der Waals surface area contributed by atoms with Crippen molar-refractivity contribution >= 4 is 45.4 Å². The molecule has 4 aliphatic rings. The molecule has 3 aromatic heterocycles. The second-order valence-electron chi connectivity index (χ2n) is 9.31. The van der Waals surface area contributed by atoms with E-state index in [2.05, 4.69) is 20.3 Å². The fourth-order valence-electron chi connectivity index (χ4n) is 5.54. The fourth-order valence-corrected chi connectivity index (χ4v) is 7.21. The minimum Gasteiger partial charge on any atom is -0.340 e. The summed E-state index contributed by atoms with van der Waals surface area (Å²) in [6, 6.07) is 4.43. The minimum absolute atomic E-state index is 0.0408. The van der Waals surface area contributed by atoms with E-state index in [9.17, 15) is 9.59 Å². The number of hydrogen-bond acceptors (Lipinski definition) is 8. The summed E-state index contributed by atoms with van der Waals surface area (Å²) < 4.78 is 0. The predicted octanol–water partition coefficient (Wildman–Crippen LogP) is 4.39. The third-order valence-electron chi connectivity index (χ3n) is 7.09. The van der Waals surface area contributed by atoms with Gasteiger partial charge in [-0.25, -0.2) is 15.0 Å². The fraction of sp³-hybridized carbons (Fsp3) is 0.458. The van der Waals surface area contributed by atoms with E-state index in [1.54, 1.807) is 17.5 Å². The number of anilines is 2. The van der Waals surface area contributed by atoms with Gasteiger partial charge in [-0.2, -0.15) is 0 Å². The van der Waals surface area contributed by atoms with Gasteiger partial charge in [-0.1, -0.05) is 0 Å². The highest BCUT2D eigenvalue weighted by Gasteiger charge is 2.50. The standard InChI is InChI=1S/C24H26N6O2S2/c1-13-22(34-14(2)26-13)19-12-33-24(27-19)28-20-6-5-15(11-25-20)23(32)30-17-8-16(9-18(30)10-17)29-7-3-4-21(29)31/h5-6,11-12,16-18H,3-4,7-10H2,1-2H3,(H,25,27,28)/t16-,17-,18?/m0/s1. The van der Waals surface area contributed by atoms with Crippen molar-refractivity contribution in [2.24, 2.45) is 0 Å². The maximum absolute atomic E-state index is 13.2. The van der Waals surface area contributed by atoms with E-state index in [-0.39, 0.29) is 23.9 Å². The van der Waals surface area contributed by atoms with Crippen LogP contribution in [0.4, 0.5) is 10.9 Å². The van der Waals surface area contributed by atoms with Gasteiger partial charge >= 0.3 is 0 Å². The maximum atomic E-state index is 13.2. The van der Waals surface area contributed by atoms with Gasteiger partial charge in [-0.05, 0) is 51.7 Å². The molecule has 7 rings (SSSR count). The number of piperidine rings is 1. The number of nitrogens with zero attached hydrogens (tertiary/aromatic N) is 5. The van der Waals surface area contributed by atoms with Crippen LogP contribution in [0.1, 0.15) is 53.2 Å². The molecule has 4 fully saturated rings. The molecule has 0 radical (unpaired) electrons. The van der Waals surface area contributed by atoms with Crippen LogP contribution in [0.15, 0.2) is 23.7 Å². The number of likely N-dealkylation sites (tertiary alicyclic amines) is 1. The van der Waals surface area contributed by atoms with E-state index < -0.39 is 0 Å². The Hall–Kier alpha value is -2.85. The third kappa shape index (κ3) is 3.78. The third-order valence-corrected chi connectivity index (χ3v) is 8.94. The summed E-state index contributed by atoms with van der Waals surface area (Å²) in [7, 11) is 0. The van der Waals surface area contributed by atoms with Gasteiger partial charge in [0.05, 0.1) is 26.8 Å². The first-order valence-electron chi connectivity index (χ1n) is 11.7. The van der Waals surface area contributed by atoms with Crippen molar-refractivity contribution in [3.05, 3.63) is 40.0 Å². The second-order valence-corrected chi connectivity index (χ2v) is 11.4. The van der Waals surface area contributed by atoms with Gasteiger partial charge in [0.15, 0.2) is 5.13 Å². The number of aromatic nitrogens is 3. The summed E-state index contributed by atoms with van der Waals surface area (Å²) in [5, 5.41) is 7.05. The van der Waals surface area contributed by atoms with Gasteiger partial charge < -0.3 is 15.1 Å². The first-order chi connectivity index (χ1) is 16.5. The van der Waals surface area contributed by atoms with E-state index in [1.165, 1.54) is 11.3 Å². The lowest BCUT2D eigenvalue weighted by Crippen LogP contribution is -2.66. The Morgan fingerprint density at radius 2 is 1.91 bits per heavy atom. The first kappa shape index (κ1) is 21.7. The average molecular weight is 495 g/mol. The number of pyridine rings is 1. The highest BCUT2D eigenvalue weighted by molar-refractivity contribution is 7.16. The van der Waals surface area contributed by atoms with Gasteiger partial charge in [-0.3, -0.25) is 9.59 Å². The molecular formula is C24H26N6O2S2. The molecule has 1 aliphatic carbocycles. The molecule has 3 atom stereocenters. The van der Waals surface area contributed by atoms with Crippen molar-refractivity contribution in [2.75, 3.05) is 11.9 Å². The minimum atomic E-state index is 0.0408. The smallest absolute Gasteiger partial charge is 0.255 e. The molecule has 3 aliphatic heterocycles. The number of fused-ring (bicyclic) bond motifs is 2. The van der Waals surface area contributed by atoms with E-state index >= 15 is 0 Å². The van der Waals surface area contributed by atoms with E-state index in [0.29, 0.717) is 23.8 Å². The van der Waals surface area contributed by atoms with Crippen LogP contribution in [0.5, 0.6) is 0 Å². The number of rotatable bonds is 5. The number of carbonyl (C=O) groups excluding carboxylic acids is 2. The van der Waals surface area contributed by atoms with Crippen molar-refractivity contribution in [1.29, 1.82) is 0 Å². The maximum Gasteiger partial charge on any atom is 0.255 e. The number of aryl methyl sites for hydroxylation is 2. The van der Waals surface area contributed by atoms with Crippen molar-refractivity contribution < 1.29 is 9.59 Å². The quantitative estimate of drug-likeness (QED) is 0.566. The van der Waals surface area contributed by atoms with Gasteiger partial charge in [0.1, 0.15) is 5.82 Å². The Morgan fingerprint density at radius 3 is 2.56 bits per heavy atom. The first-order valence-corrected chi connectivity index (χ1v) is 13.4. The van der Waals surface area contributed by atoms with Crippen LogP contribution in [0.2, 0.25) is 0 Å². The second kappa shape index (κ2) is 8.42. The molecule has 8 nitrogen and oxygen atoms in total. The van der Waals surface area contributed by atoms with Crippen molar-refractivity contribution in [1.82, 2.24) is 24.8 Å². The zero-order chi connectivity index (χ0) is 23.4. The molecular weight excluding hydrogens is 468 g/mol. The van der Waals surface area contributed by atoms with Gasteiger partial charge in [0, 0.05) is 42.7 Å². The Labute approximate surface area is 206 Å². The number of carbonyl (C=O) groups is 2. The Kier molecular flexibility index (Phi) is 5.37. The zero-order valence-electron chi connectivity index (χ0n) is 19.2. The SMILES string of the molecule is Cc1nc(C)c(-c2csc(Nc3ccc(C(=O)N4C5C[C@@H](N6CCCC6=O)C[C@H]4C5)cn3)n2)s1. The van der Waals surface area contributed by atoms with Gasteiger partial charge in [-0.15, -0.1) is 22.7 Å². The molecule has 0 spiro atoms. The van der Waals surface area contributed by atoms with E-state index in [4.69, 9.17) is 0 Å². The van der Waals surface area contributed by atoms with Crippen LogP contribution >= 0.6 is 22.7 Å². The number of hydrogen-bond donors (Lipinski definition) is 1. The predicted molar refractivity (Wildman–Crippen MR) is 133 cm³/mol. The lowest BCUT2D eigenvalue weighted by molar-refractivity contribution is -0.133. The largest absolute Gasteiger partial charge is 0.340 e. The molecule has 1 unspecified atom stereocenters. The number of thiazole rings is 2. The molecule has 6 heterocycles. The van der Waals surface area contributed by atoms with E-state index in [1.807, 2.05) is 41.2 Å². The molecule has 0 aromatic carbocycles. The molecule has 34 heavy (non-hydrogen) atoms. The summed E-state index contributed by atoms with van der Waals surface area (Å²) in [4.78, 5) is 44.0. The normalized spacial score (nSPS) is 23.8. The number of amides is 2. The zero-order valence-corrected chi connectivity index (χ0v) is 20.8. The lowest BCUT2D eigenvalue weighted by atomic mass is 9.76. The molecule has 2 bridgehead atoms. The van der Waals surface area contributed by atoms with Crippen LogP contribution in [0.25, 0.3) is 10.6 Å². The Morgan fingerprint density at radius 1 is 1.12 bits per heavy atom. The molecule has 3 aromatic rings. The summed E-state index contributed by atoms with van der Waals surface area (Å²) in [5.41, 5.74) is 2.52. The molecule has 176 valence electrons. The van der Waals surface area contributed by atoms with Crippen molar-refractivity contribution in [3.8, 4) is 10.6 Å². The Balaban J connectivity index is 1.09. The summed E-state index contributed by atoms with van der Waals surface area (Å²) in [5.74, 6) is 0.978. The van der Waals surface area contributed by atoms with Crippen molar-refractivity contribution in [2.45, 2.75) is 64.1 Å². The van der Waals surface area contributed by atoms with Crippen LogP contribution in [0.3, 0.4) is 0 Å². The molecule has 10 heteroatoms. The van der Waals surface area contributed by atoms with E-state index in [0.717, 1.165) is 58.6 Å². The molecule has 1 N–H and O–H groups in total.